The van der Waals surface area contributed by atoms with Crippen molar-refractivity contribution in [1.82, 2.24) is 4.57 Å². The van der Waals surface area contributed by atoms with E-state index >= 15 is 0 Å². The maximum Gasteiger partial charge on any atom is 0.193 e. The number of thioether (sulfide) groups is 1. The summed E-state index contributed by atoms with van der Waals surface area (Å²) in [7, 11) is 0. The Labute approximate surface area is 120 Å². The second kappa shape index (κ2) is 7.73. The summed E-state index contributed by atoms with van der Waals surface area (Å²) in [5.74, 6) is 1.58. The van der Waals surface area contributed by atoms with E-state index in [1.54, 1.807) is 4.57 Å². The van der Waals surface area contributed by atoms with Crippen molar-refractivity contribution in [1.29, 1.82) is 0 Å². The molecule has 1 saturated carbocycles. The molecule has 0 aliphatic heterocycles. The molecule has 2 N–H and O–H groups in total. The molecule has 1 aliphatic carbocycles. The summed E-state index contributed by atoms with van der Waals surface area (Å²) in [5.41, 5.74) is 0. The minimum absolute atomic E-state index is 0.161. The molecule has 2 rings (SSSR count). The lowest BCUT2D eigenvalue weighted by Gasteiger charge is -2.20. The molecule has 0 unspecified atom stereocenters. The van der Waals surface area contributed by atoms with Crippen LogP contribution in [0.2, 0.25) is 0 Å². The Morgan fingerprint density at radius 1 is 1.00 bits per heavy atom. The fraction of sp³-hybridized carbons (Fsp3) is 0.733. The summed E-state index contributed by atoms with van der Waals surface area (Å²) in [5, 5.41) is 19.9. The predicted molar refractivity (Wildman–Crippen MR) is 80.9 cm³/mol. The van der Waals surface area contributed by atoms with Crippen LogP contribution in [0.3, 0.4) is 0 Å². The Morgan fingerprint density at radius 2 is 1.68 bits per heavy atom. The van der Waals surface area contributed by atoms with E-state index < -0.39 is 0 Å². The summed E-state index contributed by atoms with van der Waals surface area (Å²) < 4.78 is 1.56. The molecular formula is C15H25NO2S. The van der Waals surface area contributed by atoms with Crippen molar-refractivity contribution in [2.24, 2.45) is 0 Å². The zero-order valence-corrected chi connectivity index (χ0v) is 12.4. The number of hydrogen-bond donors (Lipinski definition) is 2. The number of aromatic hydroxyl groups is 2. The van der Waals surface area contributed by atoms with E-state index in [2.05, 4.69) is 11.8 Å². The molecule has 1 aromatic heterocycles. The Morgan fingerprint density at radius 3 is 2.37 bits per heavy atom. The fourth-order valence-corrected chi connectivity index (χ4v) is 4.08. The molecule has 0 amide bonds. The highest BCUT2D eigenvalue weighted by Crippen LogP contribution is 2.29. The third-order valence-corrected chi connectivity index (χ3v) is 5.33. The molecule has 1 aliphatic rings. The van der Waals surface area contributed by atoms with Gasteiger partial charge >= 0.3 is 0 Å². The minimum Gasteiger partial charge on any atom is -0.494 e. The average molecular weight is 283 g/mol. The molecule has 3 nitrogen and oxygen atoms in total. The van der Waals surface area contributed by atoms with Crippen LogP contribution < -0.4 is 0 Å². The number of aromatic nitrogens is 1. The van der Waals surface area contributed by atoms with Crippen molar-refractivity contribution < 1.29 is 10.2 Å². The lowest BCUT2D eigenvalue weighted by molar-refractivity contribution is 0.362. The van der Waals surface area contributed by atoms with E-state index in [9.17, 15) is 10.2 Å². The number of rotatable bonds is 7. The van der Waals surface area contributed by atoms with Crippen molar-refractivity contribution in [3.8, 4) is 11.8 Å². The standard InChI is InChI=1S/C15H25NO2S/c17-14-9-10-15(18)16(14)11-5-2-6-12-19-13-7-3-1-4-8-13/h9-10,13,17-18H,1-8,11-12H2. The average Bonchev–Trinajstić information content (AvgIpc) is 2.75. The van der Waals surface area contributed by atoms with Crippen LogP contribution in [-0.2, 0) is 6.54 Å². The lowest BCUT2D eigenvalue weighted by Crippen LogP contribution is -2.08. The molecule has 1 aromatic rings. The molecule has 1 heterocycles. The predicted octanol–water partition coefficient (Wildman–Crippen LogP) is 4.14. The Hall–Kier alpha value is -0.770. The molecule has 0 atom stereocenters. The second-order valence-corrected chi connectivity index (χ2v) is 6.80. The van der Waals surface area contributed by atoms with Gasteiger partial charge in [0.05, 0.1) is 0 Å². The number of unbranched alkanes of at least 4 members (excludes halogenated alkanes) is 2. The molecule has 1 fully saturated rings. The topological polar surface area (TPSA) is 45.4 Å². The summed E-state index contributed by atoms with van der Waals surface area (Å²) in [6, 6.07) is 3.07. The van der Waals surface area contributed by atoms with Crippen molar-refractivity contribution in [3.05, 3.63) is 12.1 Å². The first-order valence-electron chi connectivity index (χ1n) is 7.46. The Bertz CT molecular complexity index is 353. The van der Waals surface area contributed by atoms with Gasteiger partial charge in [0.25, 0.3) is 0 Å². The zero-order chi connectivity index (χ0) is 13.5. The van der Waals surface area contributed by atoms with E-state index in [1.165, 1.54) is 56.4 Å². The second-order valence-electron chi connectivity index (χ2n) is 5.39. The van der Waals surface area contributed by atoms with Gasteiger partial charge in [-0.05, 0) is 31.4 Å². The van der Waals surface area contributed by atoms with Crippen molar-refractivity contribution in [2.45, 2.75) is 63.2 Å². The molecular weight excluding hydrogens is 258 g/mol. The third kappa shape index (κ3) is 4.68. The van der Waals surface area contributed by atoms with Gasteiger partial charge in [-0.25, -0.2) is 0 Å². The first kappa shape index (κ1) is 14.6. The molecule has 108 valence electrons. The van der Waals surface area contributed by atoms with Crippen LogP contribution in [0.5, 0.6) is 11.8 Å². The van der Waals surface area contributed by atoms with E-state index in [0.29, 0.717) is 6.54 Å². The fourth-order valence-electron chi connectivity index (χ4n) is 2.71. The first-order chi connectivity index (χ1) is 9.27. The van der Waals surface area contributed by atoms with Gasteiger partial charge < -0.3 is 10.2 Å². The van der Waals surface area contributed by atoms with Crippen LogP contribution in [0.25, 0.3) is 0 Å². The van der Waals surface area contributed by atoms with E-state index in [-0.39, 0.29) is 11.8 Å². The highest BCUT2D eigenvalue weighted by atomic mass is 32.2. The monoisotopic (exact) mass is 283 g/mol. The molecule has 0 aromatic carbocycles. The highest BCUT2D eigenvalue weighted by molar-refractivity contribution is 7.99. The van der Waals surface area contributed by atoms with Gasteiger partial charge in [-0.3, -0.25) is 4.57 Å². The summed E-state index contributed by atoms with van der Waals surface area (Å²) in [6.07, 6.45) is 10.5. The summed E-state index contributed by atoms with van der Waals surface area (Å²) in [6.45, 7) is 0.707. The molecule has 0 spiro atoms. The van der Waals surface area contributed by atoms with Crippen LogP contribution in [0.15, 0.2) is 12.1 Å². The van der Waals surface area contributed by atoms with Crippen molar-refractivity contribution in [2.75, 3.05) is 5.75 Å². The van der Waals surface area contributed by atoms with E-state index in [0.717, 1.165) is 18.1 Å². The maximum atomic E-state index is 9.50. The smallest absolute Gasteiger partial charge is 0.193 e. The Balaban J connectivity index is 1.52. The largest absolute Gasteiger partial charge is 0.494 e. The third-order valence-electron chi connectivity index (χ3n) is 3.87. The van der Waals surface area contributed by atoms with Crippen LogP contribution in [0.1, 0.15) is 51.4 Å². The van der Waals surface area contributed by atoms with E-state index in [4.69, 9.17) is 0 Å². The number of hydrogen-bond acceptors (Lipinski definition) is 3. The zero-order valence-electron chi connectivity index (χ0n) is 11.6. The summed E-state index contributed by atoms with van der Waals surface area (Å²) >= 11 is 2.15. The molecule has 0 saturated heterocycles. The van der Waals surface area contributed by atoms with Crippen LogP contribution >= 0.6 is 11.8 Å². The first-order valence-corrected chi connectivity index (χ1v) is 8.51. The maximum absolute atomic E-state index is 9.50. The van der Waals surface area contributed by atoms with Crippen LogP contribution in [-0.4, -0.2) is 25.8 Å². The van der Waals surface area contributed by atoms with Crippen molar-refractivity contribution in [3.63, 3.8) is 0 Å². The van der Waals surface area contributed by atoms with Gasteiger partial charge in [0, 0.05) is 23.9 Å². The minimum atomic E-state index is 0.161. The lowest BCUT2D eigenvalue weighted by atomic mass is 10.0. The van der Waals surface area contributed by atoms with E-state index in [1.807, 2.05) is 0 Å². The van der Waals surface area contributed by atoms with Gasteiger partial charge in [0.2, 0.25) is 0 Å². The van der Waals surface area contributed by atoms with Gasteiger partial charge in [0.15, 0.2) is 11.8 Å². The van der Waals surface area contributed by atoms with Gasteiger partial charge in [-0.2, -0.15) is 11.8 Å². The SMILES string of the molecule is Oc1ccc(O)n1CCCCCSC1CCCCC1. The van der Waals surface area contributed by atoms with Gasteiger partial charge in [0.1, 0.15) is 0 Å². The van der Waals surface area contributed by atoms with Crippen LogP contribution in [0.4, 0.5) is 0 Å². The van der Waals surface area contributed by atoms with Gasteiger partial charge in [-0.1, -0.05) is 25.7 Å². The molecule has 0 radical (unpaired) electrons. The molecule has 0 bridgehead atoms. The molecule has 4 heteroatoms. The Kier molecular flexibility index (Phi) is 5.95. The molecule has 19 heavy (non-hydrogen) atoms. The summed E-state index contributed by atoms with van der Waals surface area (Å²) in [4.78, 5) is 0. The highest BCUT2D eigenvalue weighted by Gasteiger charge is 2.12. The van der Waals surface area contributed by atoms with Gasteiger partial charge in [-0.15, -0.1) is 0 Å². The number of nitrogens with zero attached hydrogens (tertiary/aromatic N) is 1. The normalized spacial score (nSPS) is 16.8. The van der Waals surface area contributed by atoms with Crippen molar-refractivity contribution >= 4 is 11.8 Å². The quantitative estimate of drug-likeness (QED) is 0.739. The van der Waals surface area contributed by atoms with Crippen LogP contribution in [0, 0.1) is 0 Å².